The topological polar surface area (TPSA) is 116 Å². The highest BCUT2D eigenvalue weighted by atomic mass is 35.5. The molecule has 0 radical (unpaired) electrons. The zero-order valence-electron chi connectivity index (χ0n) is 15.9. The fourth-order valence-corrected chi connectivity index (χ4v) is 4.09. The predicted octanol–water partition coefficient (Wildman–Crippen LogP) is 5.19. The maximum atomic E-state index is 12.9. The Morgan fingerprint density at radius 3 is 2.44 bits per heavy atom. The Morgan fingerprint density at radius 2 is 1.72 bits per heavy atom. The molecule has 164 valence electrons. The third-order valence-corrected chi connectivity index (χ3v) is 5.58. The van der Waals surface area contributed by atoms with Crippen LogP contribution in [0.15, 0.2) is 41.2 Å². The molecule has 1 aliphatic rings. The summed E-state index contributed by atoms with van der Waals surface area (Å²) in [5, 5.41) is 9.40. The lowest BCUT2D eigenvalue weighted by molar-refractivity contribution is -0.123. The third-order valence-electron chi connectivity index (χ3n) is 4.58. The number of fused-ring (bicyclic) bond motifs is 1. The van der Waals surface area contributed by atoms with Crippen molar-refractivity contribution in [3.8, 4) is 0 Å². The van der Waals surface area contributed by atoms with Crippen molar-refractivity contribution in [2.24, 2.45) is 0 Å². The fourth-order valence-electron chi connectivity index (χ4n) is 3.23. The summed E-state index contributed by atoms with van der Waals surface area (Å²) in [6, 6.07) is 9.27. The van der Waals surface area contributed by atoms with Crippen molar-refractivity contribution in [3.05, 3.63) is 72.4 Å². The zero-order valence-corrected chi connectivity index (χ0v) is 19.0. The van der Waals surface area contributed by atoms with Crippen molar-refractivity contribution in [3.63, 3.8) is 0 Å². The number of hydrogen-bond donors (Lipinski definition) is 4. The van der Waals surface area contributed by atoms with Gasteiger partial charge in [0, 0.05) is 27.2 Å². The molecule has 4 N–H and O–H groups in total. The van der Waals surface area contributed by atoms with Gasteiger partial charge in [0.15, 0.2) is 0 Å². The summed E-state index contributed by atoms with van der Waals surface area (Å²) in [4.78, 5) is 44.8. The van der Waals surface area contributed by atoms with Gasteiger partial charge in [-0.2, -0.15) is 4.98 Å². The van der Waals surface area contributed by atoms with Crippen LogP contribution >= 0.6 is 46.4 Å². The number of H-pyrrole nitrogens is 1. The lowest BCUT2D eigenvalue weighted by atomic mass is 9.92. The Bertz CT molecular complexity index is 1290. The average molecular weight is 513 g/mol. The summed E-state index contributed by atoms with van der Waals surface area (Å²) in [5.41, 5.74) is 0.160. The highest BCUT2D eigenvalue weighted by Crippen LogP contribution is 2.32. The van der Waals surface area contributed by atoms with Crippen LogP contribution < -0.4 is 21.5 Å². The zero-order chi connectivity index (χ0) is 23.0. The number of amides is 2. The van der Waals surface area contributed by atoms with E-state index in [1.807, 2.05) is 0 Å². The van der Waals surface area contributed by atoms with Crippen LogP contribution in [0.3, 0.4) is 0 Å². The summed E-state index contributed by atoms with van der Waals surface area (Å²) in [5.74, 6) is -2.14. The van der Waals surface area contributed by atoms with Crippen LogP contribution in [0.5, 0.6) is 0 Å². The molecule has 1 unspecified atom stereocenters. The van der Waals surface area contributed by atoms with E-state index in [4.69, 9.17) is 46.4 Å². The Labute approximate surface area is 201 Å². The molecule has 0 fully saturated rings. The molecule has 0 saturated carbocycles. The Balaban J connectivity index is 1.66. The summed E-state index contributed by atoms with van der Waals surface area (Å²) >= 11 is 24.0. The number of halogens is 4. The number of carbonyl (C=O) groups is 2. The van der Waals surface area contributed by atoms with Gasteiger partial charge in [-0.3, -0.25) is 19.4 Å². The molecule has 1 atom stereocenters. The van der Waals surface area contributed by atoms with Gasteiger partial charge in [-0.25, -0.2) is 0 Å². The molecule has 0 bridgehead atoms. The highest BCUT2D eigenvalue weighted by molar-refractivity contribution is 6.36. The molecule has 0 spiro atoms. The first-order valence-electron chi connectivity index (χ1n) is 9.12. The molecule has 0 aliphatic carbocycles. The maximum Gasteiger partial charge on any atom is 0.258 e. The van der Waals surface area contributed by atoms with Gasteiger partial charge in [-0.05, 0) is 36.4 Å². The first-order chi connectivity index (χ1) is 15.2. The van der Waals surface area contributed by atoms with Gasteiger partial charge in [0.1, 0.15) is 5.82 Å². The predicted molar refractivity (Wildman–Crippen MR) is 126 cm³/mol. The quantitative estimate of drug-likeness (QED) is 0.383. The number of aromatic nitrogens is 2. The number of aromatic amines is 1. The van der Waals surface area contributed by atoms with E-state index in [9.17, 15) is 14.4 Å². The van der Waals surface area contributed by atoms with E-state index in [0.717, 1.165) is 0 Å². The number of benzene rings is 2. The van der Waals surface area contributed by atoms with Crippen LogP contribution in [-0.2, 0) is 9.59 Å². The second-order valence-electron chi connectivity index (χ2n) is 6.88. The second kappa shape index (κ2) is 8.99. The van der Waals surface area contributed by atoms with Crippen LogP contribution in [0.25, 0.3) is 0 Å². The molecule has 1 aliphatic heterocycles. The van der Waals surface area contributed by atoms with E-state index in [-0.39, 0.29) is 34.5 Å². The third kappa shape index (κ3) is 4.83. The van der Waals surface area contributed by atoms with E-state index in [2.05, 4.69) is 25.9 Å². The van der Waals surface area contributed by atoms with Crippen molar-refractivity contribution < 1.29 is 9.59 Å². The standard InChI is InChI=1S/C20H13Cl4N5O3/c21-8-1-2-13(24)14(6-8)26-18(31)12-7-15(30)27-17-16(12)19(32)29-20(28-17)25-11-4-9(22)3-10(23)5-11/h1-6,12H,7H2,(H,26,31)(H3,25,27,28,29,30,32). The molecular formula is C20H13Cl4N5O3. The molecule has 32 heavy (non-hydrogen) atoms. The molecule has 0 saturated heterocycles. The highest BCUT2D eigenvalue weighted by Gasteiger charge is 2.35. The summed E-state index contributed by atoms with van der Waals surface area (Å²) in [6.07, 6.45) is -0.238. The van der Waals surface area contributed by atoms with Crippen LogP contribution in [0.2, 0.25) is 20.1 Å². The van der Waals surface area contributed by atoms with E-state index < -0.39 is 23.3 Å². The van der Waals surface area contributed by atoms with Gasteiger partial charge in [0.2, 0.25) is 17.8 Å². The maximum absolute atomic E-state index is 12.9. The smallest absolute Gasteiger partial charge is 0.258 e. The average Bonchev–Trinajstić information content (AvgIpc) is 2.69. The molecule has 2 aromatic carbocycles. The fraction of sp³-hybridized carbons (Fsp3) is 0.100. The Hall–Kier alpha value is -2.78. The SMILES string of the molecule is O=C1CC(C(=O)Nc2cc(Cl)ccc2Cl)c2c(nc(Nc3cc(Cl)cc(Cl)c3)[nH]c2=O)N1. The number of hydrogen-bond acceptors (Lipinski definition) is 5. The van der Waals surface area contributed by atoms with Gasteiger partial charge in [0.05, 0.1) is 22.2 Å². The van der Waals surface area contributed by atoms with E-state index in [0.29, 0.717) is 20.8 Å². The minimum absolute atomic E-state index is 0.0231. The number of nitrogens with one attached hydrogen (secondary N) is 4. The number of rotatable bonds is 4. The van der Waals surface area contributed by atoms with Crippen molar-refractivity contribution in [2.45, 2.75) is 12.3 Å². The number of nitrogens with zero attached hydrogens (tertiary/aromatic N) is 1. The minimum Gasteiger partial charge on any atom is -0.326 e. The van der Waals surface area contributed by atoms with Crippen molar-refractivity contribution in [1.82, 2.24) is 9.97 Å². The van der Waals surface area contributed by atoms with Crippen molar-refractivity contribution in [2.75, 3.05) is 16.0 Å². The van der Waals surface area contributed by atoms with Crippen LogP contribution in [0.4, 0.5) is 23.1 Å². The largest absolute Gasteiger partial charge is 0.326 e. The Morgan fingerprint density at radius 1 is 1.00 bits per heavy atom. The van der Waals surface area contributed by atoms with Gasteiger partial charge in [-0.15, -0.1) is 0 Å². The molecule has 4 rings (SSSR count). The van der Waals surface area contributed by atoms with Gasteiger partial charge < -0.3 is 16.0 Å². The van der Waals surface area contributed by atoms with Crippen LogP contribution in [0.1, 0.15) is 17.9 Å². The van der Waals surface area contributed by atoms with Crippen molar-refractivity contribution >= 4 is 81.4 Å². The van der Waals surface area contributed by atoms with E-state index in [1.54, 1.807) is 24.3 Å². The summed E-state index contributed by atoms with van der Waals surface area (Å²) in [7, 11) is 0. The minimum atomic E-state index is -1.08. The first-order valence-corrected chi connectivity index (χ1v) is 10.6. The second-order valence-corrected chi connectivity index (χ2v) is 8.59. The normalized spacial score (nSPS) is 15.0. The first kappa shape index (κ1) is 22.4. The summed E-state index contributed by atoms with van der Waals surface area (Å²) in [6.45, 7) is 0. The molecule has 2 amide bonds. The van der Waals surface area contributed by atoms with E-state index >= 15 is 0 Å². The number of carbonyl (C=O) groups excluding carboxylic acids is 2. The Kier molecular flexibility index (Phi) is 6.30. The molecule has 3 aromatic rings. The van der Waals surface area contributed by atoms with Crippen molar-refractivity contribution in [1.29, 1.82) is 0 Å². The molecular weight excluding hydrogens is 500 g/mol. The lowest BCUT2D eigenvalue weighted by Crippen LogP contribution is -2.36. The number of anilines is 4. The van der Waals surface area contributed by atoms with Gasteiger partial charge in [-0.1, -0.05) is 46.4 Å². The molecule has 2 heterocycles. The lowest BCUT2D eigenvalue weighted by Gasteiger charge is -2.24. The van der Waals surface area contributed by atoms with Gasteiger partial charge in [0.25, 0.3) is 5.56 Å². The van der Waals surface area contributed by atoms with E-state index in [1.165, 1.54) is 12.1 Å². The molecule has 8 nitrogen and oxygen atoms in total. The summed E-state index contributed by atoms with van der Waals surface area (Å²) < 4.78 is 0. The van der Waals surface area contributed by atoms with Crippen LogP contribution in [0, 0.1) is 0 Å². The van der Waals surface area contributed by atoms with Crippen LogP contribution in [-0.4, -0.2) is 21.8 Å². The molecule has 12 heteroatoms. The van der Waals surface area contributed by atoms with Gasteiger partial charge >= 0.3 is 0 Å². The molecule has 1 aromatic heterocycles. The monoisotopic (exact) mass is 511 g/mol.